The first-order valence-electron chi connectivity index (χ1n) is 7.88. The highest BCUT2D eigenvalue weighted by Crippen LogP contribution is 2.43. The lowest BCUT2D eigenvalue weighted by molar-refractivity contribution is 0.781. The van der Waals surface area contributed by atoms with Crippen LogP contribution in [-0.2, 0) is 0 Å². The van der Waals surface area contributed by atoms with E-state index in [0.29, 0.717) is 0 Å². The van der Waals surface area contributed by atoms with Crippen LogP contribution in [0.15, 0.2) is 41.9 Å². The van der Waals surface area contributed by atoms with Gasteiger partial charge in [0.15, 0.2) is 0 Å². The molecule has 1 aromatic carbocycles. The average Bonchev–Trinajstić information content (AvgIpc) is 2.81. The second-order valence-electron chi connectivity index (χ2n) is 6.08. The molecule has 1 aliphatic heterocycles. The smallest absolute Gasteiger partial charge is 0.126 e. The Morgan fingerprint density at radius 2 is 1.96 bits per heavy atom. The van der Waals surface area contributed by atoms with Crippen molar-refractivity contribution in [1.29, 1.82) is 0 Å². The van der Waals surface area contributed by atoms with Crippen LogP contribution in [0.4, 0.5) is 5.00 Å². The molecule has 0 saturated heterocycles. The summed E-state index contributed by atoms with van der Waals surface area (Å²) in [7, 11) is 0. The van der Waals surface area contributed by atoms with E-state index >= 15 is 0 Å². The summed E-state index contributed by atoms with van der Waals surface area (Å²) in [6.45, 7) is 10.3. The Balaban J connectivity index is 2.20. The molecule has 1 atom stereocenters. The van der Waals surface area contributed by atoms with E-state index in [1.165, 1.54) is 27.1 Å². The Hall–Kier alpha value is -2.13. The Kier molecular flexibility index (Phi) is 4.22. The third kappa shape index (κ3) is 2.89. The maximum absolute atomic E-state index is 6.16. The first-order chi connectivity index (χ1) is 11.0. The van der Waals surface area contributed by atoms with E-state index in [0.717, 1.165) is 22.8 Å². The molecular formula is C20H22N2S. The van der Waals surface area contributed by atoms with Gasteiger partial charge in [-0.25, -0.2) is 4.99 Å². The van der Waals surface area contributed by atoms with E-state index < -0.39 is 0 Å². The molecule has 118 valence electrons. The number of nitrogens with two attached hydrogens (primary N) is 1. The fourth-order valence-corrected chi connectivity index (χ4v) is 3.87. The summed E-state index contributed by atoms with van der Waals surface area (Å²) in [5.41, 5.74) is 12.3. The summed E-state index contributed by atoms with van der Waals surface area (Å²) in [5, 5.41) is 1.03. The largest absolute Gasteiger partial charge is 0.387 e. The van der Waals surface area contributed by atoms with Gasteiger partial charge in [-0.15, -0.1) is 11.3 Å². The maximum atomic E-state index is 6.16. The Bertz CT molecular complexity index is 807. The predicted molar refractivity (Wildman–Crippen MR) is 102 cm³/mol. The maximum Gasteiger partial charge on any atom is 0.126 e. The summed E-state index contributed by atoms with van der Waals surface area (Å²) in [5.74, 6) is 0.984. The SMILES string of the molecule is C=Cc1ccc(C2=CCC(C)/C(N)=N\c3sc(C)c(C)c32)cc1. The molecule has 3 heteroatoms. The highest BCUT2D eigenvalue weighted by molar-refractivity contribution is 7.16. The molecule has 1 unspecified atom stereocenters. The van der Waals surface area contributed by atoms with Crippen LogP contribution in [0.2, 0.25) is 0 Å². The van der Waals surface area contributed by atoms with Crippen molar-refractivity contribution in [3.63, 3.8) is 0 Å². The first kappa shape index (κ1) is 15.8. The Morgan fingerprint density at radius 1 is 1.26 bits per heavy atom. The van der Waals surface area contributed by atoms with Crippen LogP contribution in [0.5, 0.6) is 0 Å². The molecule has 2 heterocycles. The van der Waals surface area contributed by atoms with Crippen LogP contribution >= 0.6 is 11.3 Å². The second-order valence-corrected chi connectivity index (χ2v) is 7.28. The normalized spacial score (nSPS) is 19.9. The summed E-state index contributed by atoms with van der Waals surface area (Å²) < 4.78 is 0. The van der Waals surface area contributed by atoms with Crippen molar-refractivity contribution in [1.82, 2.24) is 0 Å². The first-order valence-corrected chi connectivity index (χ1v) is 8.70. The number of benzene rings is 1. The molecule has 0 fully saturated rings. The standard InChI is InChI=1S/C20H22N2S/c1-5-15-7-9-16(10-8-15)17-11-6-12(2)19(21)22-20-18(17)13(3)14(4)23-20/h5,7-12H,1,6H2,2-4H3,(H2,21,22). The van der Waals surface area contributed by atoms with Gasteiger partial charge < -0.3 is 5.73 Å². The number of hydrogen-bond acceptors (Lipinski definition) is 3. The molecule has 23 heavy (non-hydrogen) atoms. The van der Waals surface area contributed by atoms with E-state index in [4.69, 9.17) is 10.7 Å². The van der Waals surface area contributed by atoms with E-state index in [1.54, 1.807) is 11.3 Å². The van der Waals surface area contributed by atoms with Crippen molar-refractivity contribution in [3.05, 3.63) is 64.1 Å². The summed E-state index contributed by atoms with van der Waals surface area (Å²) >= 11 is 1.73. The van der Waals surface area contributed by atoms with E-state index in [-0.39, 0.29) is 5.92 Å². The van der Waals surface area contributed by atoms with Crippen molar-refractivity contribution < 1.29 is 0 Å². The van der Waals surface area contributed by atoms with Crippen molar-refractivity contribution in [2.24, 2.45) is 16.6 Å². The molecule has 1 aromatic heterocycles. The molecule has 0 saturated carbocycles. The minimum Gasteiger partial charge on any atom is -0.387 e. The number of nitrogens with zero attached hydrogens (tertiary/aromatic N) is 1. The number of rotatable bonds is 2. The molecule has 1 aliphatic rings. The van der Waals surface area contributed by atoms with Gasteiger partial charge in [-0.05, 0) is 42.5 Å². The van der Waals surface area contributed by atoms with Crippen LogP contribution in [0.1, 0.15) is 40.5 Å². The van der Waals surface area contributed by atoms with Crippen LogP contribution in [0.3, 0.4) is 0 Å². The van der Waals surface area contributed by atoms with E-state index in [1.807, 2.05) is 6.08 Å². The van der Waals surface area contributed by atoms with Crippen molar-refractivity contribution >= 4 is 33.8 Å². The second kappa shape index (κ2) is 6.17. The van der Waals surface area contributed by atoms with Gasteiger partial charge in [-0.3, -0.25) is 0 Å². The van der Waals surface area contributed by atoms with Crippen LogP contribution < -0.4 is 5.73 Å². The molecule has 2 aromatic rings. The monoisotopic (exact) mass is 322 g/mol. The lowest BCUT2D eigenvalue weighted by Crippen LogP contribution is -2.21. The van der Waals surface area contributed by atoms with Gasteiger partial charge in [0, 0.05) is 16.4 Å². The van der Waals surface area contributed by atoms with Gasteiger partial charge in [0.25, 0.3) is 0 Å². The Morgan fingerprint density at radius 3 is 2.61 bits per heavy atom. The summed E-state index contributed by atoms with van der Waals surface area (Å²) in [6, 6.07) is 8.55. The predicted octanol–water partition coefficient (Wildman–Crippen LogP) is 5.47. The lowest BCUT2D eigenvalue weighted by Gasteiger charge is -2.16. The van der Waals surface area contributed by atoms with Gasteiger partial charge in [0.2, 0.25) is 0 Å². The van der Waals surface area contributed by atoms with E-state index in [2.05, 4.69) is 57.7 Å². The van der Waals surface area contributed by atoms with Crippen molar-refractivity contribution in [2.75, 3.05) is 0 Å². The number of fused-ring (bicyclic) bond motifs is 1. The molecule has 0 radical (unpaired) electrons. The minimum atomic E-state index is 0.258. The highest BCUT2D eigenvalue weighted by atomic mass is 32.1. The number of hydrogen-bond donors (Lipinski definition) is 1. The third-order valence-corrected chi connectivity index (χ3v) is 5.61. The number of thiophene rings is 1. The Labute approximate surface area is 142 Å². The number of aliphatic imine (C=N–C) groups is 1. The van der Waals surface area contributed by atoms with Gasteiger partial charge in [-0.2, -0.15) is 0 Å². The topological polar surface area (TPSA) is 38.4 Å². The van der Waals surface area contributed by atoms with Gasteiger partial charge in [-0.1, -0.05) is 49.9 Å². The van der Waals surface area contributed by atoms with Crippen LogP contribution in [-0.4, -0.2) is 5.84 Å². The highest BCUT2D eigenvalue weighted by Gasteiger charge is 2.21. The third-order valence-electron chi connectivity index (χ3n) is 4.50. The number of amidine groups is 1. The molecule has 0 spiro atoms. The molecule has 0 aliphatic carbocycles. The summed E-state index contributed by atoms with van der Waals surface area (Å²) in [6.07, 6.45) is 5.09. The fourth-order valence-electron chi connectivity index (χ4n) is 2.81. The zero-order chi connectivity index (χ0) is 16.6. The molecular weight excluding hydrogens is 300 g/mol. The molecule has 0 amide bonds. The van der Waals surface area contributed by atoms with Gasteiger partial charge in [0.05, 0.1) is 0 Å². The number of aryl methyl sites for hydroxylation is 1. The van der Waals surface area contributed by atoms with E-state index in [9.17, 15) is 0 Å². The molecule has 3 rings (SSSR count). The lowest BCUT2D eigenvalue weighted by atomic mass is 9.91. The summed E-state index contributed by atoms with van der Waals surface area (Å²) in [4.78, 5) is 6.03. The van der Waals surface area contributed by atoms with Crippen molar-refractivity contribution in [3.8, 4) is 0 Å². The van der Waals surface area contributed by atoms with Gasteiger partial charge in [0.1, 0.15) is 10.8 Å². The molecule has 2 nitrogen and oxygen atoms in total. The minimum absolute atomic E-state index is 0.258. The van der Waals surface area contributed by atoms with Crippen molar-refractivity contribution in [2.45, 2.75) is 27.2 Å². The number of allylic oxidation sites excluding steroid dienone is 1. The molecule has 0 bridgehead atoms. The van der Waals surface area contributed by atoms with Gasteiger partial charge >= 0.3 is 0 Å². The zero-order valence-electron chi connectivity index (χ0n) is 13.9. The van der Waals surface area contributed by atoms with Crippen LogP contribution in [0, 0.1) is 19.8 Å². The average molecular weight is 322 g/mol. The fraction of sp³-hybridized carbons (Fsp3) is 0.250. The molecule has 2 N–H and O–H groups in total. The zero-order valence-corrected chi connectivity index (χ0v) is 14.7. The quantitative estimate of drug-likeness (QED) is 0.782. The van der Waals surface area contributed by atoms with Crippen LogP contribution in [0.25, 0.3) is 11.6 Å².